The van der Waals surface area contributed by atoms with Gasteiger partial charge in [0.2, 0.25) is 5.95 Å². The molecular formula is C18H22N4O2. The minimum Gasteiger partial charge on any atom is -0.378 e. The van der Waals surface area contributed by atoms with E-state index < -0.39 is 0 Å². The van der Waals surface area contributed by atoms with Gasteiger partial charge in [0.1, 0.15) is 0 Å². The summed E-state index contributed by atoms with van der Waals surface area (Å²) in [7, 11) is 0. The molecule has 0 bridgehead atoms. The van der Waals surface area contributed by atoms with Crippen molar-refractivity contribution in [2.75, 3.05) is 31.2 Å². The Labute approximate surface area is 141 Å². The molecule has 0 radical (unpaired) electrons. The van der Waals surface area contributed by atoms with Crippen molar-refractivity contribution in [3.8, 4) is 0 Å². The first-order valence-electron chi connectivity index (χ1n) is 8.13. The van der Waals surface area contributed by atoms with Gasteiger partial charge < -0.3 is 15.0 Å². The van der Waals surface area contributed by atoms with Gasteiger partial charge in [0.25, 0.3) is 5.91 Å². The monoisotopic (exact) mass is 326 g/mol. The lowest BCUT2D eigenvalue weighted by atomic mass is 10.1. The Balaban J connectivity index is 1.64. The maximum Gasteiger partial charge on any atom is 0.251 e. The summed E-state index contributed by atoms with van der Waals surface area (Å²) in [6, 6.07) is 7.64. The Morgan fingerprint density at radius 3 is 2.79 bits per heavy atom. The predicted molar refractivity (Wildman–Crippen MR) is 92.2 cm³/mol. The number of hydrogen-bond donors (Lipinski definition) is 1. The maximum absolute atomic E-state index is 12.4. The second-order valence-corrected chi connectivity index (χ2v) is 5.95. The van der Waals surface area contributed by atoms with E-state index in [0.29, 0.717) is 31.3 Å². The lowest BCUT2D eigenvalue weighted by molar-refractivity contribution is 0.0950. The third-order valence-electron chi connectivity index (χ3n) is 4.05. The molecule has 1 fully saturated rings. The van der Waals surface area contributed by atoms with Gasteiger partial charge in [-0.1, -0.05) is 17.7 Å². The quantitative estimate of drug-likeness (QED) is 0.929. The second-order valence-electron chi connectivity index (χ2n) is 5.95. The first-order valence-corrected chi connectivity index (χ1v) is 8.13. The van der Waals surface area contributed by atoms with Gasteiger partial charge in [-0.15, -0.1) is 0 Å². The maximum atomic E-state index is 12.4. The summed E-state index contributed by atoms with van der Waals surface area (Å²) < 4.78 is 5.34. The standard InChI is InChI=1S/C18H22N4O2/c1-13-3-4-16(14(2)11-13)17(23)20-12-15-5-6-19-18(21-15)22-7-9-24-10-8-22/h3-6,11H,7-10,12H2,1-2H3,(H,20,23). The summed E-state index contributed by atoms with van der Waals surface area (Å²) in [6.07, 6.45) is 1.73. The predicted octanol–water partition coefficient (Wildman–Crippen LogP) is 1.86. The van der Waals surface area contributed by atoms with Gasteiger partial charge in [0.05, 0.1) is 25.5 Å². The first kappa shape index (κ1) is 16.4. The van der Waals surface area contributed by atoms with Crippen LogP contribution in [0.4, 0.5) is 5.95 Å². The number of rotatable bonds is 4. The average molecular weight is 326 g/mol. The summed E-state index contributed by atoms with van der Waals surface area (Å²) in [5.74, 6) is 0.607. The Bertz CT molecular complexity index is 727. The van der Waals surface area contributed by atoms with Gasteiger partial charge in [0.15, 0.2) is 0 Å². The van der Waals surface area contributed by atoms with Gasteiger partial charge in [-0.05, 0) is 31.5 Å². The van der Waals surface area contributed by atoms with Gasteiger partial charge >= 0.3 is 0 Å². The van der Waals surface area contributed by atoms with Crippen LogP contribution in [0.5, 0.6) is 0 Å². The molecule has 0 spiro atoms. The summed E-state index contributed by atoms with van der Waals surface area (Å²) in [6.45, 7) is 7.31. The smallest absolute Gasteiger partial charge is 0.251 e. The van der Waals surface area contributed by atoms with Crippen molar-refractivity contribution in [3.05, 3.63) is 52.8 Å². The van der Waals surface area contributed by atoms with Crippen LogP contribution in [0.3, 0.4) is 0 Å². The Kier molecular flexibility index (Phi) is 5.05. The number of anilines is 1. The number of amides is 1. The highest BCUT2D eigenvalue weighted by Gasteiger charge is 2.14. The zero-order valence-corrected chi connectivity index (χ0v) is 14.1. The minimum absolute atomic E-state index is 0.0842. The fraction of sp³-hybridized carbons (Fsp3) is 0.389. The van der Waals surface area contributed by atoms with E-state index in [1.54, 1.807) is 6.20 Å². The fourth-order valence-corrected chi connectivity index (χ4v) is 2.73. The summed E-state index contributed by atoms with van der Waals surface area (Å²) >= 11 is 0. The molecule has 1 amide bonds. The number of carbonyl (C=O) groups is 1. The van der Waals surface area contributed by atoms with Crippen LogP contribution in [0, 0.1) is 13.8 Å². The van der Waals surface area contributed by atoms with Gasteiger partial charge in [-0.3, -0.25) is 4.79 Å². The average Bonchev–Trinajstić information content (AvgIpc) is 2.61. The summed E-state index contributed by atoms with van der Waals surface area (Å²) in [5, 5.41) is 2.93. The highest BCUT2D eigenvalue weighted by molar-refractivity contribution is 5.95. The molecule has 1 saturated heterocycles. The van der Waals surface area contributed by atoms with Crippen LogP contribution in [0.15, 0.2) is 30.5 Å². The van der Waals surface area contributed by atoms with Crippen LogP contribution >= 0.6 is 0 Å². The Morgan fingerprint density at radius 2 is 2.04 bits per heavy atom. The van der Waals surface area contributed by atoms with Crippen molar-refractivity contribution < 1.29 is 9.53 Å². The second kappa shape index (κ2) is 7.40. The number of ether oxygens (including phenoxy) is 1. The molecule has 0 saturated carbocycles. The van der Waals surface area contributed by atoms with E-state index in [1.807, 2.05) is 38.1 Å². The van der Waals surface area contributed by atoms with E-state index >= 15 is 0 Å². The van der Waals surface area contributed by atoms with E-state index in [1.165, 1.54) is 0 Å². The number of nitrogens with zero attached hydrogens (tertiary/aromatic N) is 3. The number of carbonyl (C=O) groups excluding carboxylic acids is 1. The van der Waals surface area contributed by atoms with Crippen LogP contribution in [0.25, 0.3) is 0 Å². The SMILES string of the molecule is Cc1ccc(C(=O)NCc2ccnc(N3CCOCC3)n2)c(C)c1. The zero-order chi connectivity index (χ0) is 16.9. The molecule has 1 aliphatic heterocycles. The number of benzene rings is 1. The lowest BCUT2D eigenvalue weighted by Gasteiger charge is -2.26. The van der Waals surface area contributed by atoms with E-state index in [0.717, 1.165) is 29.9 Å². The van der Waals surface area contributed by atoms with Crippen molar-refractivity contribution in [2.24, 2.45) is 0 Å². The highest BCUT2D eigenvalue weighted by atomic mass is 16.5. The lowest BCUT2D eigenvalue weighted by Crippen LogP contribution is -2.37. The molecule has 0 atom stereocenters. The molecule has 1 aliphatic rings. The number of hydrogen-bond acceptors (Lipinski definition) is 5. The molecule has 2 heterocycles. The third kappa shape index (κ3) is 3.89. The molecule has 1 N–H and O–H groups in total. The number of aryl methyl sites for hydroxylation is 2. The molecule has 126 valence electrons. The van der Waals surface area contributed by atoms with Crippen molar-refractivity contribution in [2.45, 2.75) is 20.4 Å². The number of nitrogens with one attached hydrogen (secondary N) is 1. The first-order chi connectivity index (χ1) is 11.6. The van der Waals surface area contributed by atoms with Crippen LogP contribution in [-0.4, -0.2) is 42.2 Å². The van der Waals surface area contributed by atoms with E-state index in [2.05, 4.69) is 20.2 Å². The normalized spacial score (nSPS) is 14.5. The van der Waals surface area contributed by atoms with Crippen LogP contribution in [-0.2, 0) is 11.3 Å². The number of aromatic nitrogens is 2. The van der Waals surface area contributed by atoms with Gasteiger partial charge in [-0.25, -0.2) is 9.97 Å². The molecule has 2 aromatic rings. The van der Waals surface area contributed by atoms with E-state index in [-0.39, 0.29) is 5.91 Å². The van der Waals surface area contributed by atoms with Crippen molar-refractivity contribution in [1.29, 1.82) is 0 Å². The molecule has 0 unspecified atom stereocenters. The molecule has 24 heavy (non-hydrogen) atoms. The molecular weight excluding hydrogens is 304 g/mol. The Morgan fingerprint density at radius 1 is 1.25 bits per heavy atom. The van der Waals surface area contributed by atoms with E-state index in [4.69, 9.17) is 4.74 Å². The third-order valence-corrected chi connectivity index (χ3v) is 4.05. The summed E-state index contributed by atoms with van der Waals surface area (Å²) in [5.41, 5.74) is 3.62. The van der Waals surface area contributed by atoms with Gasteiger partial charge in [-0.2, -0.15) is 0 Å². The molecule has 6 heteroatoms. The molecule has 1 aromatic carbocycles. The van der Waals surface area contributed by atoms with E-state index in [9.17, 15) is 4.79 Å². The topological polar surface area (TPSA) is 67.4 Å². The highest BCUT2D eigenvalue weighted by Crippen LogP contribution is 2.12. The molecule has 6 nitrogen and oxygen atoms in total. The van der Waals surface area contributed by atoms with Crippen molar-refractivity contribution in [1.82, 2.24) is 15.3 Å². The summed E-state index contributed by atoms with van der Waals surface area (Å²) in [4.78, 5) is 23.3. The van der Waals surface area contributed by atoms with Crippen LogP contribution < -0.4 is 10.2 Å². The molecule has 0 aliphatic carbocycles. The van der Waals surface area contributed by atoms with Crippen molar-refractivity contribution in [3.63, 3.8) is 0 Å². The zero-order valence-electron chi connectivity index (χ0n) is 14.1. The van der Waals surface area contributed by atoms with Gasteiger partial charge in [0, 0.05) is 24.8 Å². The Hall–Kier alpha value is -2.47. The largest absolute Gasteiger partial charge is 0.378 e. The van der Waals surface area contributed by atoms with Crippen molar-refractivity contribution >= 4 is 11.9 Å². The molecule has 3 rings (SSSR count). The fourth-order valence-electron chi connectivity index (χ4n) is 2.73. The van der Waals surface area contributed by atoms with Crippen LogP contribution in [0.1, 0.15) is 27.2 Å². The van der Waals surface area contributed by atoms with Crippen LogP contribution in [0.2, 0.25) is 0 Å². The molecule has 1 aromatic heterocycles. The minimum atomic E-state index is -0.0842. The number of morpholine rings is 1.